The fourth-order valence-electron chi connectivity index (χ4n) is 1.51. The lowest BCUT2D eigenvalue weighted by Crippen LogP contribution is -2.12. The molecule has 1 aromatic heterocycles. The first-order chi connectivity index (χ1) is 10.2. The molecule has 8 heteroatoms. The van der Waals surface area contributed by atoms with Crippen LogP contribution in [0.2, 0.25) is 0 Å². The Kier molecular flexibility index (Phi) is 4.84. The molecule has 0 radical (unpaired) electrons. The Labute approximate surface area is 121 Å². The molecule has 0 unspecified atom stereocenters. The molecule has 108 valence electrons. The number of nitrogen functional groups attached to an aromatic ring is 1. The summed E-state index contributed by atoms with van der Waals surface area (Å²) in [6.07, 6.45) is 0.349. The molecule has 0 aliphatic rings. The molecule has 0 aliphatic heterocycles. The van der Waals surface area contributed by atoms with E-state index in [2.05, 4.69) is 26.4 Å². The van der Waals surface area contributed by atoms with Crippen molar-refractivity contribution < 1.29 is 9.47 Å². The summed E-state index contributed by atoms with van der Waals surface area (Å²) >= 11 is 0. The van der Waals surface area contributed by atoms with Crippen LogP contribution < -0.4 is 20.7 Å². The van der Waals surface area contributed by atoms with Crippen LogP contribution in [0.4, 0.5) is 5.95 Å². The highest BCUT2D eigenvalue weighted by atomic mass is 16.5. The molecule has 3 N–H and O–H groups in total. The molecule has 8 nitrogen and oxygen atoms in total. The topological polar surface area (TPSA) is 119 Å². The van der Waals surface area contributed by atoms with E-state index in [1.165, 1.54) is 0 Å². The number of hydrazine groups is 1. The number of ether oxygens (including phenoxy) is 2. The predicted octanol–water partition coefficient (Wildman–Crippen LogP) is 1.41. The van der Waals surface area contributed by atoms with Crippen molar-refractivity contribution in [3.8, 4) is 23.8 Å². The first-order valence-corrected chi connectivity index (χ1v) is 6.24. The van der Waals surface area contributed by atoms with Crippen LogP contribution in [-0.4, -0.2) is 21.6 Å². The van der Waals surface area contributed by atoms with Crippen LogP contribution in [0.1, 0.15) is 12.5 Å². The molecule has 0 amide bonds. The number of nitriles is 1. The number of benzene rings is 1. The highest BCUT2D eigenvalue weighted by Gasteiger charge is 2.08. The molecule has 0 spiro atoms. The summed E-state index contributed by atoms with van der Waals surface area (Å²) in [6.45, 7) is 2.23. The van der Waals surface area contributed by atoms with Crippen molar-refractivity contribution in [3.05, 3.63) is 29.8 Å². The zero-order valence-electron chi connectivity index (χ0n) is 11.4. The summed E-state index contributed by atoms with van der Waals surface area (Å²) in [4.78, 5) is 11.9. The number of rotatable bonds is 6. The number of hydrogen-bond acceptors (Lipinski definition) is 8. The van der Waals surface area contributed by atoms with E-state index in [0.29, 0.717) is 18.8 Å². The Morgan fingerprint density at radius 2 is 1.90 bits per heavy atom. The maximum atomic E-state index is 8.62. The third-order valence-electron chi connectivity index (χ3n) is 2.41. The van der Waals surface area contributed by atoms with E-state index in [0.717, 1.165) is 5.56 Å². The number of anilines is 1. The molecule has 0 saturated heterocycles. The van der Waals surface area contributed by atoms with Crippen molar-refractivity contribution in [1.82, 2.24) is 15.0 Å². The Balaban J connectivity index is 2.18. The number of aromatic nitrogens is 3. The van der Waals surface area contributed by atoms with E-state index in [-0.39, 0.29) is 18.0 Å². The summed E-state index contributed by atoms with van der Waals surface area (Å²) in [7, 11) is 0. The van der Waals surface area contributed by atoms with Crippen LogP contribution in [0.5, 0.6) is 17.8 Å². The second kappa shape index (κ2) is 7.02. The molecular formula is C13H14N6O2. The van der Waals surface area contributed by atoms with Gasteiger partial charge >= 0.3 is 12.0 Å². The largest absolute Gasteiger partial charge is 0.464 e. The van der Waals surface area contributed by atoms with Crippen LogP contribution >= 0.6 is 0 Å². The number of nitrogens with zero attached hydrogens (tertiary/aromatic N) is 4. The van der Waals surface area contributed by atoms with Gasteiger partial charge in [-0.3, -0.25) is 5.43 Å². The van der Waals surface area contributed by atoms with Gasteiger partial charge in [0.1, 0.15) is 5.75 Å². The summed E-state index contributed by atoms with van der Waals surface area (Å²) < 4.78 is 10.7. The molecule has 0 aliphatic carbocycles. The van der Waals surface area contributed by atoms with Crippen molar-refractivity contribution in [2.45, 2.75) is 13.3 Å². The molecule has 2 aromatic rings. The van der Waals surface area contributed by atoms with E-state index in [1.54, 1.807) is 24.3 Å². The molecule has 0 bridgehead atoms. The minimum Gasteiger partial charge on any atom is -0.464 e. The van der Waals surface area contributed by atoms with Gasteiger partial charge in [0, 0.05) is 0 Å². The molecule has 0 saturated carbocycles. The Morgan fingerprint density at radius 3 is 2.52 bits per heavy atom. The lowest BCUT2D eigenvalue weighted by atomic mass is 10.2. The average Bonchev–Trinajstić information content (AvgIpc) is 2.49. The maximum absolute atomic E-state index is 8.62. The summed E-state index contributed by atoms with van der Waals surface area (Å²) in [5.41, 5.74) is 3.22. The van der Waals surface area contributed by atoms with Crippen LogP contribution in [0.15, 0.2) is 24.3 Å². The fourth-order valence-corrected chi connectivity index (χ4v) is 1.51. The van der Waals surface area contributed by atoms with Gasteiger partial charge in [-0.25, -0.2) is 5.84 Å². The first-order valence-electron chi connectivity index (χ1n) is 6.24. The summed E-state index contributed by atoms with van der Waals surface area (Å²) in [6, 6.07) is 9.31. The molecule has 1 heterocycles. The standard InChI is InChI=1S/C13H14N6O2/c1-2-20-12-16-11(19-15)17-13(18-12)21-10-5-3-9(4-6-10)7-8-14/h3-6H,2,7,15H2,1H3,(H,16,17,18,19). The van der Waals surface area contributed by atoms with Crippen LogP contribution in [-0.2, 0) is 6.42 Å². The van der Waals surface area contributed by atoms with Gasteiger partial charge in [-0.1, -0.05) is 12.1 Å². The Morgan fingerprint density at radius 1 is 1.19 bits per heavy atom. The van der Waals surface area contributed by atoms with Gasteiger partial charge in [0.2, 0.25) is 5.95 Å². The van der Waals surface area contributed by atoms with Crippen molar-refractivity contribution in [2.24, 2.45) is 5.84 Å². The van der Waals surface area contributed by atoms with Gasteiger partial charge in [0.15, 0.2) is 0 Å². The van der Waals surface area contributed by atoms with Crippen LogP contribution in [0, 0.1) is 11.3 Å². The fraction of sp³-hybridized carbons (Fsp3) is 0.231. The quantitative estimate of drug-likeness (QED) is 0.604. The van der Waals surface area contributed by atoms with Crippen molar-refractivity contribution >= 4 is 5.95 Å². The van der Waals surface area contributed by atoms with Crippen LogP contribution in [0.25, 0.3) is 0 Å². The predicted molar refractivity (Wildman–Crippen MR) is 74.6 cm³/mol. The van der Waals surface area contributed by atoms with Crippen LogP contribution in [0.3, 0.4) is 0 Å². The van der Waals surface area contributed by atoms with E-state index in [9.17, 15) is 0 Å². The zero-order chi connectivity index (χ0) is 15.1. The lowest BCUT2D eigenvalue weighted by molar-refractivity contribution is 0.304. The van der Waals surface area contributed by atoms with Gasteiger partial charge in [-0.15, -0.1) is 4.98 Å². The van der Waals surface area contributed by atoms with Gasteiger partial charge in [0.05, 0.1) is 19.1 Å². The number of nitrogens with two attached hydrogens (primary N) is 1. The average molecular weight is 286 g/mol. The summed E-state index contributed by atoms with van der Waals surface area (Å²) in [5, 5.41) is 8.62. The molecule has 0 fully saturated rings. The molecule has 1 aromatic carbocycles. The highest BCUT2D eigenvalue weighted by molar-refractivity contribution is 5.32. The van der Waals surface area contributed by atoms with Gasteiger partial charge in [-0.05, 0) is 24.6 Å². The van der Waals surface area contributed by atoms with Crippen molar-refractivity contribution in [1.29, 1.82) is 5.26 Å². The lowest BCUT2D eigenvalue weighted by Gasteiger charge is -2.07. The SMILES string of the molecule is CCOc1nc(NN)nc(Oc2ccc(CC#N)cc2)n1. The second-order valence-corrected chi connectivity index (χ2v) is 3.88. The Bertz CT molecular complexity index is 638. The first kappa shape index (κ1) is 14.5. The van der Waals surface area contributed by atoms with Crippen molar-refractivity contribution in [2.75, 3.05) is 12.0 Å². The van der Waals surface area contributed by atoms with E-state index in [4.69, 9.17) is 20.6 Å². The van der Waals surface area contributed by atoms with E-state index >= 15 is 0 Å². The minimum absolute atomic E-state index is 0.0643. The van der Waals surface area contributed by atoms with Gasteiger partial charge in [0.25, 0.3) is 0 Å². The third-order valence-corrected chi connectivity index (χ3v) is 2.41. The maximum Gasteiger partial charge on any atom is 0.330 e. The van der Waals surface area contributed by atoms with Crippen molar-refractivity contribution in [3.63, 3.8) is 0 Å². The smallest absolute Gasteiger partial charge is 0.330 e. The molecule has 21 heavy (non-hydrogen) atoms. The summed E-state index contributed by atoms with van der Waals surface area (Å²) in [5.74, 6) is 5.96. The van der Waals surface area contributed by atoms with Gasteiger partial charge < -0.3 is 9.47 Å². The second-order valence-electron chi connectivity index (χ2n) is 3.88. The normalized spacial score (nSPS) is 9.76. The van der Waals surface area contributed by atoms with Gasteiger partial charge in [-0.2, -0.15) is 15.2 Å². The monoisotopic (exact) mass is 286 g/mol. The third kappa shape index (κ3) is 4.02. The molecule has 2 rings (SSSR count). The molecular weight excluding hydrogens is 272 g/mol. The Hall–Kier alpha value is -2.92. The van der Waals surface area contributed by atoms with E-state index in [1.807, 2.05) is 6.92 Å². The minimum atomic E-state index is 0.0643. The highest BCUT2D eigenvalue weighted by Crippen LogP contribution is 2.21. The number of nitrogens with one attached hydrogen (secondary N) is 1. The zero-order valence-corrected chi connectivity index (χ0v) is 11.4. The molecule has 0 atom stereocenters. The van der Waals surface area contributed by atoms with E-state index < -0.39 is 0 Å². The number of hydrogen-bond donors (Lipinski definition) is 2.